The second kappa shape index (κ2) is 9.10. The Morgan fingerprint density at radius 3 is 2.97 bits per heavy atom. The number of nitrogens with one attached hydrogen (secondary N) is 1. The zero-order chi connectivity index (χ0) is 22.1. The van der Waals surface area contributed by atoms with Gasteiger partial charge in [0.15, 0.2) is 0 Å². The van der Waals surface area contributed by atoms with Crippen molar-refractivity contribution in [2.45, 2.75) is 52.2 Å². The zero-order valence-corrected chi connectivity index (χ0v) is 19.5. The van der Waals surface area contributed by atoms with Gasteiger partial charge in [0.05, 0.1) is 16.6 Å². The minimum Gasteiger partial charge on any atom is -0.376 e. The predicted molar refractivity (Wildman–Crippen MR) is 128 cm³/mol. The van der Waals surface area contributed by atoms with E-state index >= 15 is 0 Å². The van der Waals surface area contributed by atoms with E-state index in [0.29, 0.717) is 32.8 Å². The summed E-state index contributed by atoms with van der Waals surface area (Å²) in [4.78, 5) is 33.2. The van der Waals surface area contributed by atoms with Crippen LogP contribution >= 0.6 is 24.0 Å². The van der Waals surface area contributed by atoms with Gasteiger partial charge in [-0.25, -0.2) is 4.98 Å². The Bertz CT molecular complexity index is 1120. The predicted octanol–water partition coefficient (Wildman–Crippen LogP) is 3.59. The van der Waals surface area contributed by atoms with Crippen molar-refractivity contribution in [3.05, 3.63) is 44.7 Å². The highest BCUT2D eigenvalue weighted by atomic mass is 32.2. The van der Waals surface area contributed by atoms with E-state index in [1.165, 1.54) is 16.2 Å². The van der Waals surface area contributed by atoms with Crippen LogP contribution in [0, 0.1) is 6.92 Å². The largest absolute Gasteiger partial charge is 0.376 e. The molecular weight excluding hydrogens is 432 g/mol. The molecule has 2 aromatic heterocycles. The van der Waals surface area contributed by atoms with Crippen molar-refractivity contribution in [2.75, 3.05) is 18.5 Å². The van der Waals surface area contributed by atoms with Crippen LogP contribution in [0.3, 0.4) is 0 Å². The van der Waals surface area contributed by atoms with Crippen LogP contribution in [0.5, 0.6) is 0 Å². The summed E-state index contributed by atoms with van der Waals surface area (Å²) in [7, 11) is 0. The maximum Gasteiger partial charge on any atom is 0.267 e. The fourth-order valence-electron chi connectivity index (χ4n) is 3.77. The Hall–Kier alpha value is -2.23. The number of hydrogen-bond acceptors (Lipinski definition) is 7. The second-order valence-electron chi connectivity index (χ2n) is 7.89. The van der Waals surface area contributed by atoms with Gasteiger partial charge in [0, 0.05) is 25.4 Å². The minimum absolute atomic E-state index is 0.00832. The molecule has 2 unspecified atom stereocenters. The number of carbonyl (C=O) groups is 1. The molecule has 31 heavy (non-hydrogen) atoms. The van der Waals surface area contributed by atoms with Gasteiger partial charge >= 0.3 is 0 Å². The number of carbonyl (C=O) groups excluding carboxylic acids is 1. The van der Waals surface area contributed by atoms with Gasteiger partial charge in [0.2, 0.25) is 0 Å². The summed E-state index contributed by atoms with van der Waals surface area (Å²) < 4.78 is 7.74. The van der Waals surface area contributed by atoms with Crippen molar-refractivity contribution in [1.29, 1.82) is 0 Å². The molecule has 7 nitrogen and oxygen atoms in total. The maximum absolute atomic E-state index is 13.4. The van der Waals surface area contributed by atoms with Gasteiger partial charge < -0.3 is 10.1 Å². The van der Waals surface area contributed by atoms with Gasteiger partial charge in [0.1, 0.15) is 15.8 Å². The van der Waals surface area contributed by atoms with Crippen LogP contribution in [0.15, 0.2) is 28.0 Å². The van der Waals surface area contributed by atoms with Crippen LogP contribution in [0.4, 0.5) is 5.82 Å². The first kappa shape index (κ1) is 22.0. The third-order valence-electron chi connectivity index (χ3n) is 5.74. The van der Waals surface area contributed by atoms with Crippen molar-refractivity contribution in [3.63, 3.8) is 0 Å². The van der Waals surface area contributed by atoms with Crippen molar-refractivity contribution in [2.24, 2.45) is 0 Å². The summed E-state index contributed by atoms with van der Waals surface area (Å²) in [6.07, 6.45) is 6.22. The van der Waals surface area contributed by atoms with Crippen LogP contribution in [-0.2, 0) is 9.53 Å². The Morgan fingerprint density at radius 1 is 1.45 bits per heavy atom. The van der Waals surface area contributed by atoms with E-state index in [0.717, 1.165) is 31.4 Å². The van der Waals surface area contributed by atoms with Crippen molar-refractivity contribution in [3.8, 4) is 0 Å². The highest BCUT2D eigenvalue weighted by Crippen LogP contribution is 2.35. The molecule has 0 bridgehead atoms. The number of aryl methyl sites for hydroxylation is 1. The topological polar surface area (TPSA) is 75.9 Å². The number of ether oxygens (including phenoxy) is 1. The van der Waals surface area contributed by atoms with Gasteiger partial charge in [-0.15, -0.1) is 0 Å². The van der Waals surface area contributed by atoms with Crippen molar-refractivity contribution >= 4 is 51.7 Å². The Kier molecular flexibility index (Phi) is 6.45. The molecule has 164 valence electrons. The lowest BCUT2D eigenvalue weighted by molar-refractivity contribution is -0.123. The lowest BCUT2D eigenvalue weighted by Gasteiger charge is -2.21. The summed E-state index contributed by atoms with van der Waals surface area (Å²) in [5.74, 6) is 0.298. The highest BCUT2D eigenvalue weighted by molar-refractivity contribution is 8.26. The number of hydrogen-bond donors (Lipinski definition) is 1. The monoisotopic (exact) mass is 458 g/mol. The lowest BCUT2D eigenvalue weighted by atomic mass is 10.2. The SMILES string of the molecule is CCC(C)N1C(=O)C(=Cc2c(NCC3CCCO3)nc3c(C)cccn3c2=O)SC1=S. The Balaban J connectivity index is 1.78. The van der Waals surface area contributed by atoms with Crippen LogP contribution < -0.4 is 10.9 Å². The summed E-state index contributed by atoms with van der Waals surface area (Å²) in [5.41, 5.74) is 1.61. The molecule has 2 aliphatic heterocycles. The third kappa shape index (κ3) is 4.26. The molecule has 4 rings (SSSR count). The maximum atomic E-state index is 13.4. The van der Waals surface area contributed by atoms with Gasteiger partial charge in [-0.05, 0) is 50.8 Å². The molecule has 2 atom stereocenters. The zero-order valence-electron chi connectivity index (χ0n) is 17.9. The Morgan fingerprint density at radius 2 is 2.26 bits per heavy atom. The van der Waals surface area contributed by atoms with Gasteiger partial charge in [-0.2, -0.15) is 0 Å². The molecule has 1 N–H and O–H groups in total. The first-order valence-electron chi connectivity index (χ1n) is 10.5. The summed E-state index contributed by atoms with van der Waals surface area (Å²) in [6, 6.07) is 3.74. The van der Waals surface area contributed by atoms with E-state index in [1.807, 2.05) is 32.9 Å². The number of nitrogens with zero attached hydrogens (tertiary/aromatic N) is 3. The highest BCUT2D eigenvalue weighted by Gasteiger charge is 2.35. The summed E-state index contributed by atoms with van der Waals surface area (Å²) >= 11 is 6.66. The normalized spacial score (nSPS) is 21.5. The number of thiocarbonyl (C=S) groups is 1. The first-order chi connectivity index (χ1) is 14.9. The molecule has 2 aliphatic rings. The molecule has 2 saturated heterocycles. The molecule has 0 saturated carbocycles. The van der Waals surface area contributed by atoms with Gasteiger partial charge in [0.25, 0.3) is 11.5 Å². The number of pyridine rings is 1. The molecule has 1 amide bonds. The minimum atomic E-state index is -0.225. The number of fused-ring (bicyclic) bond motifs is 1. The number of rotatable bonds is 6. The van der Waals surface area contributed by atoms with Gasteiger partial charge in [-0.1, -0.05) is 37.0 Å². The molecule has 0 aromatic carbocycles. The van der Waals surface area contributed by atoms with E-state index in [-0.39, 0.29) is 23.6 Å². The average Bonchev–Trinajstić information content (AvgIpc) is 3.37. The third-order valence-corrected chi connectivity index (χ3v) is 7.07. The fourth-order valence-corrected chi connectivity index (χ4v) is 5.21. The molecule has 0 spiro atoms. The number of anilines is 1. The lowest BCUT2D eigenvalue weighted by Crippen LogP contribution is -2.36. The number of amides is 1. The second-order valence-corrected chi connectivity index (χ2v) is 9.56. The number of thioether (sulfide) groups is 1. The molecule has 0 aliphatic carbocycles. The van der Waals surface area contributed by atoms with E-state index in [2.05, 4.69) is 5.32 Å². The molecule has 4 heterocycles. The summed E-state index contributed by atoms with van der Waals surface area (Å²) in [6.45, 7) is 7.22. The van der Waals surface area contributed by atoms with Crippen LogP contribution in [-0.4, -0.2) is 49.8 Å². The fraction of sp³-hybridized carbons (Fsp3) is 0.455. The Labute approximate surface area is 190 Å². The average molecular weight is 459 g/mol. The van der Waals surface area contributed by atoms with E-state index in [4.69, 9.17) is 21.9 Å². The van der Waals surface area contributed by atoms with Crippen LogP contribution in [0.25, 0.3) is 11.7 Å². The van der Waals surface area contributed by atoms with E-state index in [9.17, 15) is 9.59 Å². The molecule has 2 aromatic rings. The summed E-state index contributed by atoms with van der Waals surface area (Å²) in [5, 5.41) is 3.30. The van der Waals surface area contributed by atoms with E-state index in [1.54, 1.807) is 17.2 Å². The number of aromatic nitrogens is 2. The molecule has 0 radical (unpaired) electrons. The molecule has 9 heteroatoms. The van der Waals surface area contributed by atoms with Crippen molar-refractivity contribution < 1.29 is 9.53 Å². The van der Waals surface area contributed by atoms with Crippen molar-refractivity contribution in [1.82, 2.24) is 14.3 Å². The van der Waals surface area contributed by atoms with Gasteiger partial charge in [-0.3, -0.25) is 18.9 Å². The first-order valence-corrected chi connectivity index (χ1v) is 11.8. The smallest absolute Gasteiger partial charge is 0.267 e. The van der Waals surface area contributed by atoms with Crippen LogP contribution in [0.1, 0.15) is 44.2 Å². The molecular formula is C22H26N4O3S2. The quantitative estimate of drug-likeness (QED) is 0.524. The standard InChI is InChI=1S/C22H26N4O3S2/c1-4-14(3)26-21(28)17(31-22(26)30)11-16-18(23-12-15-8-6-10-29-15)24-19-13(2)7-5-9-25(19)20(16)27/h5,7,9,11,14-15,23H,4,6,8,10,12H2,1-3H3. The molecule has 2 fully saturated rings. The van der Waals surface area contributed by atoms with Crippen LogP contribution in [0.2, 0.25) is 0 Å². The van der Waals surface area contributed by atoms with E-state index < -0.39 is 0 Å².